The number of rotatable bonds is 2. The van der Waals surface area contributed by atoms with Crippen molar-refractivity contribution in [2.24, 2.45) is 0 Å². The van der Waals surface area contributed by atoms with Crippen LogP contribution in [-0.2, 0) is 14.1 Å². The first-order chi connectivity index (χ1) is 9.49. The summed E-state index contributed by atoms with van der Waals surface area (Å²) in [5.41, 5.74) is 1.73. The Balaban J connectivity index is 1.83. The third kappa shape index (κ3) is 1.93. The molecule has 1 N–H and O–H groups in total. The molecule has 2 aliphatic rings. The largest absolute Gasteiger partial charge is 0.641 e. The fraction of sp³-hybridized carbons (Fsp3) is 0.214. The molecule has 0 aromatic heterocycles. The summed E-state index contributed by atoms with van der Waals surface area (Å²) >= 11 is 0. The molecule has 20 heavy (non-hydrogen) atoms. The molecule has 2 saturated heterocycles. The van der Waals surface area contributed by atoms with E-state index in [1.807, 2.05) is 19.1 Å². The Morgan fingerprint density at radius 3 is 2.70 bits per heavy atom. The Morgan fingerprint density at radius 1 is 1.30 bits per heavy atom. The standard InChI is InChI=1S/C14H14BNO4/c1-9-3-5-12(6-4-9)16-14(18)15-11(7-10(2)19-15)8-13(17)20-15/h3-6H,2,7-8H2,1H3,(H,16,18). The molecule has 2 heterocycles. The average molecular weight is 271 g/mol. The van der Waals surface area contributed by atoms with E-state index >= 15 is 0 Å². The molecule has 1 aromatic rings. The van der Waals surface area contributed by atoms with Gasteiger partial charge in [-0.1, -0.05) is 24.3 Å². The number of hydrogen-bond donors (Lipinski definition) is 1. The molecule has 0 saturated carbocycles. The molecule has 1 amide bonds. The first-order valence-electron chi connectivity index (χ1n) is 6.45. The molecule has 5 nitrogen and oxygen atoms in total. The molecular formula is C14H14BNO4. The fourth-order valence-corrected chi connectivity index (χ4v) is 2.63. The highest BCUT2D eigenvalue weighted by Crippen LogP contribution is 2.44. The van der Waals surface area contributed by atoms with Crippen LogP contribution in [0.5, 0.6) is 0 Å². The van der Waals surface area contributed by atoms with Gasteiger partial charge in [0, 0.05) is 11.5 Å². The molecule has 1 unspecified atom stereocenters. The van der Waals surface area contributed by atoms with Gasteiger partial charge in [0.25, 0.3) is 0 Å². The Labute approximate surface area is 116 Å². The van der Waals surface area contributed by atoms with Gasteiger partial charge in [0.15, 0.2) is 0 Å². The molecule has 2 fully saturated rings. The zero-order chi connectivity index (χ0) is 14.3. The van der Waals surface area contributed by atoms with Crippen molar-refractivity contribution in [3.63, 3.8) is 0 Å². The Hall–Kier alpha value is -2.37. The van der Waals surface area contributed by atoms with Gasteiger partial charge in [0.2, 0.25) is 5.81 Å². The van der Waals surface area contributed by atoms with Gasteiger partial charge < -0.3 is 19.4 Å². The summed E-state index contributed by atoms with van der Waals surface area (Å²) in [5, 5.41) is 2.74. The minimum atomic E-state index is -2.38. The lowest BCUT2D eigenvalue weighted by Gasteiger charge is -2.24. The minimum Gasteiger partial charge on any atom is -0.637 e. The van der Waals surface area contributed by atoms with Crippen LogP contribution in [0.15, 0.2) is 36.6 Å². The van der Waals surface area contributed by atoms with Crippen molar-refractivity contribution >= 4 is 24.0 Å². The molecule has 3 rings (SSSR count). The van der Waals surface area contributed by atoms with E-state index in [-0.39, 0.29) is 6.42 Å². The molecule has 2 aliphatic heterocycles. The lowest BCUT2D eigenvalue weighted by Crippen LogP contribution is -2.51. The van der Waals surface area contributed by atoms with E-state index in [4.69, 9.17) is 9.31 Å². The third-order valence-electron chi connectivity index (χ3n) is 3.63. The van der Waals surface area contributed by atoms with E-state index in [9.17, 15) is 9.59 Å². The maximum absolute atomic E-state index is 12.4. The van der Waals surface area contributed by atoms with Crippen LogP contribution in [0, 0.1) is 12.7 Å². The Morgan fingerprint density at radius 2 is 2.00 bits per heavy atom. The normalized spacial score (nSPS) is 24.1. The van der Waals surface area contributed by atoms with Crippen LogP contribution in [0.4, 0.5) is 10.5 Å². The lowest BCUT2D eigenvalue weighted by molar-refractivity contribution is -0.133. The monoisotopic (exact) mass is 271 g/mol. The quantitative estimate of drug-likeness (QED) is 0.663. The third-order valence-corrected chi connectivity index (χ3v) is 3.63. The van der Waals surface area contributed by atoms with Gasteiger partial charge in [-0.25, -0.2) is 0 Å². The molecule has 0 bridgehead atoms. The predicted molar refractivity (Wildman–Crippen MR) is 74.7 cm³/mol. The van der Waals surface area contributed by atoms with Crippen LogP contribution in [0.2, 0.25) is 0 Å². The van der Waals surface area contributed by atoms with E-state index < -0.39 is 18.3 Å². The summed E-state index contributed by atoms with van der Waals surface area (Å²) in [7, 11) is 0. The van der Waals surface area contributed by atoms with Crippen molar-refractivity contribution in [2.45, 2.75) is 19.8 Å². The second-order valence-corrected chi connectivity index (χ2v) is 5.23. The van der Waals surface area contributed by atoms with E-state index in [0.29, 0.717) is 23.7 Å². The molecule has 0 spiro atoms. The fourth-order valence-electron chi connectivity index (χ4n) is 2.63. The van der Waals surface area contributed by atoms with Gasteiger partial charge >= 0.3 is 12.5 Å². The first-order valence-corrected chi connectivity index (χ1v) is 6.45. The number of aryl methyl sites for hydroxylation is 1. The van der Waals surface area contributed by atoms with Gasteiger partial charge in [-0.3, -0.25) is 4.79 Å². The molecule has 6 heteroatoms. The number of fused-ring (bicyclic) bond motifs is 1. The number of anilines is 1. The van der Waals surface area contributed by atoms with Gasteiger partial charge in [-0.05, 0) is 19.1 Å². The summed E-state index contributed by atoms with van der Waals surface area (Å²) < 4.78 is 10.7. The van der Waals surface area contributed by atoms with E-state index in [0.717, 1.165) is 5.56 Å². The van der Waals surface area contributed by atoms with Crippen molar-refractivity contribution in [3.8, 4) is 0 Å². The highest BCUT2D eigenvalue weighted by atomic mass is 16.6. The number of nitrogens with one attached hydrogen (secondary N) is 1. The van der Waals surface area contributed by atoms with Gasteiger partial charge in [-0.15, -0.1) is 0 Å². The zero-order valence-electron chi connectivity index (χ0n) is 11.1. The molecular weight excluding hydrogens is 257 g/mol. The summed E-state index contributed by atoms with van der Waals surface area (Å²) in [5.74, 6) is 0.274. The second kappa shape index (κ2) is 4.33. The van der Waals surface area contributed by atoms with Gasteiger partial charge in [0.1, 0.15) is 12.8 Å². The number of carbonyl (C=O) groups excluding carboxylic acids is 2. The van der Waals surface area contributed by atoms with Crippen LogP contribution in [0.1, 0.15) is 18.4 Å². The van der Waals surface area contributed by atoms with Crippen molar-refractivity contribution in [1.82, 2.24) is 0 Å². The maximum atomic E-state index is 12.4. The van der Waals surface area contributed by atoms with Crippen LogP contribution < -0.4 is 5.32 Å². The topological polar surface area (TPSA) is 64.6 Å². The predicted octanol–water partition coefficient (Wildman–Crippen LogP) is 2.55. The Kier molecular flexibility index (Phi) is 2.74. The highest BCUT2D eigenvalue weighted by Gasteiger charge is 2.68. The molecule has 1 aromatic carbocycles. The second-order valence-electron chi connectivity index (χ2n) is 5.23. The van der Waals surface area contributed by atoms with Crippen LogP contribution >= 0.6 is 0 Å². The SMILES string of the molecule is C=C1C[C+]2CC(=O)O[B-]2(C(=O)Nc2ccc(C)cc2)O1. The van der Waals surface area contributed by atoms with Crippen molar-refractivity contribution < 1.29 is 18.9 Å². The van der Waals surface area contributed by atoms with Crippen molar-refractivity contribution in [1.29, 1.82) is 0 Å². The molecule has 0 aliphatic carbocycles. The number of carbonyl (C=O) groups is 2. The Bertz CT molecular complexity index is 576. The average Bonchev–Trinajstić information content (AvgIpc) is 2.84. The number of allylic oxidation sites excluding steroid dienone is 1. The summed E-state index contributed by atoms with van der Waals surface area (Å²) in [6.07, 6.45) is 0.535. The number of amides is 1. The highest BCUT2D eigenvalue weighted by molar-refractivity contribution is 7.04. The summed E-state index contributed by atoms with van der Waals surface area (Å²) in [4.78, 5) is 23.9. The summed E-state index contributed by atoms with van der Waals surface area (Å²) in [6, 6.07) is 7.36. The van der Waals surface area contributed by atoms with Crippen LogP contribution in [0.25, 0.3) is 0 Å². The smallest absolute Gasteiger partial charge is 0.637 e. The van der Waals surface area contributed by atoms with Gasteiger partial charge in [-0.2, -0.15) is 0 Å². The van der Waals surface area contributed by atoms with E-state index in [1.165, 1.54) is 0 Å². The maximum Gasteiger partial charge on any atom is 0.641 e. The van der Waals surface area contributed by atoms with Crippen molar-refractivity contribution in [3.05, 3.63) is 48.0 Å². The molecule has 1 atom stereocenters. The molecule has 0 radical (unpaired) electrons. The minimum absolute atomic E-state index is 0.125. The number of hydrogen-bond acceptors (Lipinski definition) is 4. The molecule has 102 valence electrons. The summed E-state index contributed by atoms with van der Waals surface area (Å²) in [6.45, 7) is 3.29. The number of benzene rings is 1. The lowest BCUT2D eigenvalue weighted by atomic mass is 9.48. The van der Waals surface area contributed by atoms with E-state index in [1.54, 1.807) is 12.1 Å². The van der Waals surface area contributed by atoms with Crippen molar-refractivity contribution in [2.75, 3.05) is 5.32 Å². The van der Waals surface area contributed by atoms with Crippen LogP contribution in [-0.4, -0.2) is 18.3 Å². The van der Waals surface area contributed by atoms with Gasteiger partial charge in [0.05, 0.1) is 5.76 Å². The van der Waals surface area contributed by atoms with Crippen LogP contribution in [0.3, 0.4) is 0 Å². The first kappa shape index (κ1) is 12.7. The zero-order valence-corrected chi connectivity index (χ0v) is 11.1. The van der Waals surface area contributed by atoms with E-state index in [2.05, 4.69) is 11.9 Å².